The van der Waals surface area contributed by atoms with Gasteiger partial charge >= 0.3 is 0 Å². The van der Waals surface area contributed by atoms with Crippen LogP contribution in [0.3, 0.4) is 0 Å². The highest BCUT2D eigenvalue weighted by atomic mass is 16.5. The number of hydrogen-bond acceptors (Lipinski definition) is 4. The summed E-state index contributed by atoms with van der Waals surface area (Å²) in [5.74, 6) is 2.07. The number of hydrogen-bond donors (Lipinski definition) is 1. The number of anilines is 1. The quantitative estimate of drug-likeness (QED) is 0.864. The number of ether oxygens (including phenoxy) is 1. The Morgan fingerprint density at radius 1 is 1.65 bits per heavy atom. The lowest BCUT2D eigenvalue weighted by molar-refractivity contribution is 0.136. The van der Waals surface area contributed by atoms with Crippen LogP contribution in [0.5, 0.6) is 5.75 Å². The van der Waals surface area contributed by atoms with Crippen LogP contribution < -0.4 is 9.64 Å². The van der Waals surface area contributed by atoms with Gasteiger partial charge in [-0.05, 0) is 32.4 Å². The van der Waals surface area contributed by atoms with Crippen LogP contribution in [0.1, 0.15) is 20.3 Å². The third-order valence-corrected chi connectivity index (χ3v) is 3.26. The second-order valence-corrected chi connectivity index (χ2v) is 4.49. The Morgan fingerprint density at radius 2 is 2.47 bits per heavy atom. The molecule has 2 rings (SSSR count). The molecule has 2 atom stereocenters. The van der Waals surface area contributed by atoms with Crippen molar-refractivity contribution in [3.05, 3.63) is 18.3 Å². The topological polar surface area (TPSA) is 45.6 Å². The molecule has 0 amide bonds. The van der Waals surface area contributed by atoms with Crippen LogP contribution in [0, 0.1) is 5.92 Å². The molecule has 1 aromatic rings. The van der Waals surface area contributed by atoms with E-state index in [1.165, 1.54) is 0 Å². The van der Waals surface area contributed by atoms with E-state index < -0.39 is 0 Å². The molecule has 1 saturated heterocycles. The highest BCUT2D eigenvalue weighted by Gasteiger charge is 2.28. The molecule has 0 bridgehead atoms. The zero-order valence-corrected chi connectivity index (χ0v) is 10.5. The summed E-state index contributed by atoms with van der Waals surface area (Å²) in [5.41, 5.74) is 0. The fraction of sp³-hybridized carbons (Fsp3) is 0.615. The smallest absolute Gasteiger partial charge is 0.171 e. The van der Waals surface area contributed by atoms with Crippen LogP contribution in [0.2, 0.25) is 0 Å². The van der Waals surface area contributed by atoms with Gasteiger partial charge in [-0.1, -0.05) is 0 Å². The lowest BCUT2D eigenvalue weighted by atomic mass is 10.0. The SMILES string of the molecule is CCOc1cccnc1N1CCC(C(C)O)C1. The van der Waals surface area contributed by atoms with Crippen LogP contribution >= 0.6 is 0 Å². The molecule has 1 fully saturated rings. The molecular formula is C13H20N2O2. The van der Waals surface area contributed by atoms with Crippen molar-refractivity contribution < 1.29 is 9.84 Å². The predicted octanol–water partition coefficient (Wildman–Crippen LogP) is 1.69. The first-order chi connectivity index (χ1) is 8.22. The summed E-state index contributed by atoms with van der Waals surface area (Å²) >= 11 is 0. The third-order valence-electron chi connectivity index (χ3n) is 3.26. The average Bonchev–Trinajstić information content (AvgIpc) is 2.79. The van der Waals surface area contributed by atoms with Gasteiger partial charge in [0, 0.05) is 25.2 Å². The standard InChI is InChI=1S/C13H20N2O2/c1-3-17-12-5-4-7-14-13(12)15-8-6-11(9-15)10(2)16/h4-5,7,10-11,16H,3,6,8-9H2,1-2H3. The molecule has 1 aliphatic heterocycles. The number of aliphatic hydroxyl groups excluding tert-OH is 1. The normalized spacial score (nSPS) is 21.6. The van der Waals surface area contributed by atoms with Crippen molar-refractivity contribution >= 4 is 5.82 Å². The Labute approximate surface area is 102 Å². The van der Waals surface area contributed by atoms with Gasteiger partial charge in [-0.25, -0.2) is 4.98 Å². The Kier molecular flexibility index (Phi) is 3.84. The number of aliphatic hydroxyl groups is 1. The van der Waals surface area contributed by atoms with Crippen molar-refractivity contribution in [2.24, 2.45) is 5.92 Å². The number of rotatable bonds is 4. The molecule has 1 aliphatic rings. The van der Waals surface area contributed by atoms with E-state index in [9.17, 15) is 5.11 Å². The predicted molar refractivity (Wildman–Crippen MR) is 67.4 cm³/mol. The summed E-state index contributed by atoms with van der Waals surface area (Å²) < 4.78 is 5.58. The zero-order valence-electron chi connectivity index (χ0n) is 10.5. The first kappa shape index (κ1) is 12.2. The van der Waals surface area contributed by atoms with E-state index in [1.807, 2.05) is 26.0 Å². The van der Waals surface area contributed by atoms with Gasteiger partial charge in [-0.2, -0.15) is 0 Å². The van der Waals surface area contributed by atoms with E-state index in [-0.39, 0.29) is 6.10 Å². The van der Waals surface area contributed by atoms with Crippen molar-refractivity contribution in [2.75, 3.05) is 24.6 Å². The summed E-state index contributed by atoms with van der Waals surface area (Å²) in [7, 11) is 0. The van der Waals surface area contributed by atoms with Crippen molar-refractivity contribution in [3.8, 4) is 5.75 Å². The number of nitrogens with zero attached hydrogens (tertiary/aromatic N) is 2. The third kappa shape index (κ3) is 2.69. The minimum Gasteiger partial charge on any atom is -0.490 e. The van der Waals surface area contributed by atoms with Gasteiger partial charge < -0.3 is 14.7 Å². The van der Waals surface area contributed by atoms with Gasteiger partial charge in [0.05, 0.1) is 12.7 Å². The molecule has 0 aliphatic carbocycles. The first-order valence-electron chi connectivity index (χ1n) is 6.23. The van der Waals surface area contributed by atoms with E-state index in [2.05, 4.69) is 9.88 Å². The summed E-state index contributed by atoms with van der Waals surface area (Å²) in [6.45, 7) is 6.27. The molecule has 0 radical (unpaired) electrons. The molecule has 1 aromatic heterocycles. The van der Waals surface area contributed by atoms with Crippen LogP contribution in [0.25, 0.3) is 0 Å². The van der Waals surface area contributed by atoms with E-state index in [1.54, 1.807) is 6.20 Å². The molecular weight excluding hydrogens is 216 g/mol. The maximum atomic E-state index is 9.61. The highest BCUT2D eigenvalue weighted by Crippen LogP contribution is 2.30. The van der Waals surface area contributed by atoms with Crippen molar-refractivity contribution in [2.45, 2.75) is 26.4 Å². The number of aromatic nitrogens is 1. The Morgan fingerprint density at radius 3 is 3.12 bits per heavy atom. The molecule has 94 valence electrons. The maximum Gasteiger partial charge on any atom is 0.171 e. The summed E-state index contributed by atoms with van der Waals surface area (Å²) in [4.78, 5) is 6.59. The second-order valence-electron chi connectivity index (χ2n) is 4.49. The van der Waals surface area contributed by atoms with Crippen LogP contribution in [-0.4, -0.2) is 35.9 Å². The van der Waals surface area contributed by atoms with Crippen molar-refractivity contribution in [1.82, 2.24) is 4.98 Å². The van der Waals surface area contributed by atoms with E-state index in [4.69, 9.17) is 4.74 Å². The van der Waals surface area contributed by atoms with Gasteiger partial charge in [0.2, 0.25) is 0 Å². The first-order valence-corrected chi connectivity index (χ1v) is 6.23. The van der Waals surface area contributed by atoms with Gasteiger partial charge in [0.1, 0.15) is 0 Å². The fourth-order valence-corrected chi connectivity index (χ4v) is 2.26. The summed E-state index contributed by atoms with van der Waals surface area (Å²) in [5, 5.41) is 9.61. The van der Waals surface area contributed by atoms with Gasteiger partial charge in [-0.15, -0.1) is 0 Å². The fourth-order valence-electron chi connectivity index (χ4n) is 2.26. The lowest BCUT2D eigenvalue weighted by Gasteiger charge is -2.20. The van der Waals surface area contributed by atoms with Crippen LogP contribution in [-0.2, 0) is 0 Å². The zero-order chi connectivity index (χ0) is 12.3. The van der Waals surface area contributed by atoms with Crippen molar-refractivity contribution in [1.29, 1.82) is 0 Å². The van der Waals surface area contributed by atoms with Crippen LogP contribution in [0.4, 0.5) is 5.82 Å². The highest BCUT2D eigenvalue weighted by molar-refractivity contribution is 5.52. The molecule has 4 heteroatoms. The largest absolute Gasteiger partial charge is 0.490 e. The lowest BCUT2D eigenvalue weighted by Crippen LogP contribution is -2.25. The number of pyridine rings is 1. The summed E-state index contributed by atoms with van der Waals surface area (Å²) in [6, 6.07) is 3.83. The van der Waals surface area contributed by atoms with Crippen molar-refractivity contribution in [3.63, 3.8) is 0 Å². The van der Waals surface area contributed by atoms with Gasteiger partial charge in [0.15, 0.2) is 11.6 Å². The Balaban J connectivity index is 2.12. The maximum absolute atomic E-state index is 9.61. The van der Waals surface area contributed by atoms with Gasteiger partial charge in [-0.3, -0.25) is 0 Å². The van der Waals surface area contributed by atoms with Gasteiger partial charge in [0.25, 0.3) is 0 Å². The second kappa shape index (κ2) is 5.36. The molecule has 2 heterocycles. The molecule has 4 nitrogen and oxygen atoms in total. The molecule has 0 saturated carbocycles. The summed E-state index contributed by atoms with van der Waals surface area (Å²) in [6.07, 6.45) is 2.55. The molecule has 0 spiro atoms. The molecule has 2 unspecified atom stereocenters. The average molecular weight is 236 g/mol. The van der Waals surface area contributed by atoms with E-state index >= 15 is 0 Å². The molecule has 0 aromatic carbocycles. The van der Waals surface area contributed by atoms with E-state index in [0.29, 0.717) is 12.5 Å². The van der Waals surface area contributed by atoms with E-state index in [0.717, 1.165) is 31.1 Å². The Hall–Kier alpha value is -1.29. The van der Waals surface area contributed by atoms with Crippen LogP contribution in [0.15, 0.2) is 18.3 Å². The minimum absolute atomic E-state index is 0.251. The molecule has 17 heavy (non-hydrogen) atoms. The minimum atomic E-state index is -0.251. The molecule has 1 N–H and O–H groups in total. The Bertz CT molecular complexity index is 368. The monoisotopic (exact) mass is 236 g/mol.